The molecule has 0 fully saturated rings. The molecule has 28 heavy (non-hydrogen) atoms. The summed E-state index contributed by atoms with van der Waals surface area (Å²) in [6, 6.07) is 6.61. The summed E-state index contributed by atoms with van der Waals surface area (Å²) in [5.41, 5.74) is 0.578. The molecule has 0 saturated heterocycles. The lowest BCUT2D eigenvalue weighted by molar-refractivity contribution is -0.119. The summed E-state index contributed by atoms with van der Waals surface area (Å²) in [6.07, 6.45) is 0. The first-order valence-corrected chi connectivity index (χ1v) is 9.69. The molecule has 0 atom stereocenters. The van der Waals surface area contributed by atoms with Crippen molar-refractivity contribution in [3.63, 3.8) is 0 Å². The van der Waals surface area contributed by atoms with Crippen LogP contribution in [-0.4, -0.2) is 39.8 Å². The molecule has 0 spiro atoms. The maximum Gasteiger partial charge on any atom is 0.341 e. The lowest BCUT2D eigenvalue weighted by atomic mass is 10.2. The van der Waals surface area contributed by atoms with Gasteiger partial charge >= 0.3 is 5.97 Å². The second-order valence-electron chi connectivity index (χ2n) is 5.24. The highest BCUT2D eigenvalue weighted by Crippen LogP contribution is 2.50. The molecule has 2 rings (SSSR count). The SMILES string of the molecule is COc1c(Br)c(C(=O)OCC(=O)Nc2cccc(Cl)c2)c(Br)c(OC)c1OC. The molecule has 0 aliphatic rings. The standard InChI is InChI=1S/C18H16Br2ClNO6/c1-25-15-13(19)12(14(20)16(26-2)17(15)27-3)18(24)28-8-11(23)22-10-6-4-5-9(21)7-10/h4-7H,8H2,1-3H3,(H,22,23). The second-order valence-corrected chi connectivity index (χ2v) is 7.26. The monoisotopic (exact) mass is 535 g/mol. The first-order chi connectivity index (χ1) is 13.3. The van der Waals surface area contributed by atoms with E-state index >= 15 is 0 Å². The molecule has 0 saturated carbocycles. The Morgan fingerprint density at radius 2 is 1.57 bits per heavy atom. The Kier molecular flexibility index (Phi) is 7.97. The van der Waals surface area contributed by atoms with Crippen molar-refractivity contribution in [2.24, 2.45) is 0 Å². The predicted molar refractivity (Wildman–Crippen MR) is 112 cm³/mol. The van der Waals surface area contributed by atoms with Gasteiger partial charge in [0.2, 0.25) is 5.75 Å². The molecular weight excluding hydrogens is 521 g/mol. The van der Waals surface area contributed by atoms with Crippen molar-refractivity contribution in [1.82, 2.24) is 0 Å². The predicted octanol–water partition coefficient (Wildman–Crippen LogP) is 4.69. The fourth-order valence-electron chi connectivity index (χ4n) is 2.32. The van der Waals surface area contributed by atoms with E-state index in [4.69, 9.17) is 30.5 Å². The van der Waals surface area contributed by atoms with Crippen molar-refractivity contribution in [2.75, 3.05) is 33.3 Å². The van der Waals surface area contributed by atoms with Crippen LogP contribution in [0.4, 0.5) is 5.69 Å². The lowest BCUT2D eigenvalue weighted by Gasteiger charge is -2.18. The van der Waals surface area contributed by atoms with Crippen molar-refractivity contribution in [1.29, 1.82) is 0 Å². The molecular formula is C18H16Br2ClNO6. The second kappa shape index (κ2) is 9.99. The summed E-state index contributed by atoms with van der Waals surface area (Å²) in [4.78, 5) is 24.6. The number of esters is 1. The molecule has 0 aliphatic heterocycles. The third kappa shape index (κ3) is 4.89. The van der Waals surface area contributed by atoms with Gasteiger partial charge in [-0.05, 0) is 50.1 Å². The van der Waals surface area contributed by atoms with Crippen LogP contribution >= 0.6 is 43.5 Å². The summed E-state index contributed by atoms with van der Waals surface area (Å²) in [5, 5.41) is 3.06. The third-order valence-corrected chi connectivity index (χ3v) is 5.26. The number of rotatable bonds is 7. The number of nitrogens with one attached hydrogen (secondary N) is 1. The zero-order chi connectivity index (χ0) is 20.8. The van der Waals surface area contributed by atoms with Gasteiger partial charge in [-0.3, -0.25) is 4.79 Å². The Labute approximate surface area is 183 Å². The normalized spacial score (nSPS) is 10.2. The van der Waals surface area contributed by atoms with Crippen LogP contribution in [0.25, 0.3) is 0 Å². The number of amides is 1. The molecule has 0 heterocycles. The van der Waals surface area contributed by atoms with E-state index in [1.165, 1.54) is 21.3 Å². The van der Waals surface area contributed by atoms with Crippen molar-refractivity contribution in [3.8, 4) is 17.2 Å². The molecule has 150 valence electrons. The third-order valence-electron chi connectivity index (χ3n) is 3.51. The van der Waals surface area contributed by atoms with E-state index in [9.17, 15) is 9.59 Å². The Morgan fingerprint density at radius 3 is 2.07 bits per heavy atom. The maximum atomic E-state index is 12.6. The van der Waals surface area contributed by atoms with Crippen LogP contribution in [0.1, 0.15) is 10.4 Å². The van der Waals surface area contributed by atoms with E-state index in [1.54, 1.807) is 24.3 Å². The summed E-state index contributed by atoms with van der Waals surface area (Å²) in [7, 11) is 4.28. The van der Waals surface area contributed by atoms with Gasteiger partial charge in [-0.25, -0.2) is 4.79 Å². The molecule has 10 heteroatoms. The van der Waals surface area contributed by atoms with E-state index in [1.807, 2.05) is 0 Å². The minimum absolute atomic E-state index is 0.0880. The first kappa shape index (κ1) is 22.3. The molecule has 7 nitrogen and oxygen atoms in total. The largest absolute Gasteiger partial charge is 0.492 e. The van der Waals surface area contributed by atoms with Gasteiger partial charge in [0, 0.05) is 10.7 Å². The van der Waals surface area contributed by atoms with Crippen molar-refractivity contribution in [3.05, 3.63) is 43.8 Å². The molecule has 0 aromatic heterocycles. The van der Waals surface area contributed by atoms with Crippen molar-refractivity contribution in [2.45, 2.75) is 0 Å². The van der Waals surface area contributed by atoms with Crippen LogP contribution in [0.5, 0.6) is 17.2 Å². The number of anilines is 1. The number of methoxy groups -OCH3 is 3. The zero-order valence-electron chi connectivity index (χ0n) is 15.1. The number of carbonyl (C=O) groups excluding carboxylic acids is 2. The average Bonchev–Trinajstić information content (AvgIpc) is 2.66. The number of benzene rings is 2. The van der Waals surface area contributed by atoms with Gasteiger partial charge in [-0.1, -0.05) is 17.7 Å². The Morgan fingerprint density at radius 1 is 1.00 bits per heavy atom. The Hall–Kier alpha value is -1.97. The summed E-state index contributed by atoms with van der Waals surface area (Å²) in [5.74, 6) is -0.496. The highest BCUT2D eigenvalue weighted by molar-refractivity contribution is 9.11. The van der Waals surface area contributed by atoms with Gasteiger partial charge in [-0.2, -0.15) is 0 Å². The maximum absolute atomic E-state index is 12.6. The summed E-state index contributed by atoms with van der Waals surface area (Å²) >= 11 is 12.5. The number of halogens is 3. The summed E-state index contributed by atoms with van der Waals surface area (Å²) in [6.45, 7) is -0.499. The van der Waals surface area contributed by atoms with Crippen LogP contribution < -0.4 is 19.5 Å². The van der Waals surface area contributed by atoms with E-state index in [0.717, 1.165) is 0 Å². The quantitative estimate of drug-likeness (QED) is 0.517. The van der Waals surface area contributed by atoms with Gasteiger partial charge in [0.15, 0.2) is 18.1 Å². The molecule has 2 aromatic carbocycles. The molecule has 0 radical (unpaired) electrons. The lowest BCUT2D eigenvalue weighted by Crippen LogP contribution is -2.21. The number of carbonyl (C=O) groups is 2. The van der Waals surface area contributed by atoms with Gasteiger partial charge in [0.05, 0.1) is 35.8 Å². The topological polar surface area (TPSA) is 83.1 Å². The Bertz CT molecular complexity index is 875. The fraction of sp³-hybridized carbons (Fsp3) is 0.222. The fourth-order valence-corrected chi connectivity index (χ4v) is 4.18. The smallest absolute Gasteiger partial charge is 0.341 e. The van der Waals surface area contributed by atoms with Gasteiger partial charge < -0.3 is 24.3 Å². The minimum Gasteiger partial charge on any atom is -0.492 e. The van der Waals surface area contributed by atoms with Crippen LogP contribution in [-0.2, 0) is 9.53 Å². The number of hydrogen-bond donors (Lipinski definition) is 1. The van der Waals surface area contributed by atoms with Crippen LogP contribution in [0.2, 0.25) is 5.02 Å². The van der Waals surface area contributed by atoms with E-state index in [0.29, 0.717) is 25.4 Å². The van der Waals surface area contributed by atoms with Gasteiger partial charge in [-0.15, -0.1) is 0 Å². The highest BCUT2D eigenvalue weighted by atomic mass is 79.9. The van der Waals surface area contributed by atoms with Gasteiger partial charge in [0.1, 0.15) is 0 Å². The van der Waals surface area contributed by atoms with E-state index in [2.05, 4.69) is 37.2 Å². The highest BCUT2D eigenvalue weighted by Gasteiger charge is 2.29. The molecule has 2 aromatic rings. The van der Waals surface area contributed by atoms with E-state index in [-0.39, 0.29) is 17.1 Å². The zero-order valence-corrected chi connectivity index (χ0v) is 19.0. The van der Waals surface area contributed by atoms with Crippen LogP contribution in [0.3, 0.4) is 0 Å². The molecule has 0 aliphatic carbocycles. The summed E-state index contributed by atoms with van der Waals surface area (Å²) < 4.78 is 21.6. The molecule has 1 N–H and O–H groups in total. The van der Waals surface area contributed by atoms with Crippen LogP contribution in [0, 0.1) is 0 Å². The first-order valence-electron chi connectivity index (χ1n) is 7.73. The minimum atomic E-state index is -0.765. The molecule has 1 amide bonds. The molecule has 0 bridgehead atoms. The number of hydrogen-bond acceptors (Lipinski definition) is 6. The van der Waals surface area contributed by atoms with Gasteiger partial charge in [0.25, 0.3) is 5.91 Å². The van der Waals surface area contributed by atoms with Crippen molar-refractivity contribution >= 4 is 61.0 Å². The number of ether oxygens (including phenoxy) is 4. The Balaban J connectivity index is 2.21. The van der Waals surface area contributed by atoms with E-state index < -0.39 is 18.5 Å². The average molecular weight is 538 g/mol. The van der Waals surface area contributed by atoms with Crippen LogP contribution in [0.15, 0.2) is 33.2 Å². The molecule has 0 unspecified atom stereocenters. The van der Waals surface area contributed by atoms with Crippen molar-refractivity contribution < 1.29 is 28.5 Å².